The van der Waals surface area contributed by atoms with Gasteiger partial charge in [-0.1, -0.05) is 12.1 Å². The molecule has 1 aliphatic rings. The number of likely N-dealkylation sites (tertiary alicyclic amines) is 1. The van der Waals surface area contributed by atoms with Crippen LogP contribution in [0.15, 0.2) is 30.3 Å². The lowest BCUT2D eigenvalue weighted by molar-refractivity contribution is -0.125. The van der Waals surface area contributed by atoms with Crippen LogP contribution in [0.25, 0.3) is 6.08 Å². The summed E-state index contributed by atoms with van der Waals surface area (Å²) in [5.41, 5.74) is 5.62. The van der Waals surface area contributed by atoms with Crippen LogP contribution in [0.3, 0.4) is 0 Å². The highest BCUT2D eigenvalue weighted by atomic mass is 16.3. The molecule has 3 N–H and O–H groups in total. The summed E-state index contributed by atoms with van der Waals surface area (Å²) in [7, 11) is 0. The summed E-state index contributed by atoms with van der Waals surface area (Å²) >= 11 is 0. The molecule has 5 nitrogen and oxygen atoms in total. The molecule has 2 rings (SSSR count). The number of rotatable bonds is 3. The molecule has 5 heteroatoms. The quantitative estimate of drug-likeness (QED) is 0.799. The van der Waals surface area contributed by atoms with E-state index in [4.69, 9.17) is 5.73 Å². The van der Waals surface area contributed by atoms with Crippen molar-refractivity contribution in [1.82, 2.24) is 4.90 Å². The molecule has 2 amide bonds. The molecule has 106 valence electrons. The molecule has 1 aliphatic heterocycles. The van der Waals surface area contributed by atoms with Crippen LogP contribution in [-0.4, -0.2) is 40.5 Å². The van der Waals surface area contributed by atoms with Gasteiger partial charge in [-0.2, -0.15) is 0 Å². The van der Waals surface area contributed by atoms with Crippen LogP contribution >= 0.6 is 0 Å². The molecule has 1 fully saturated rings. The van der Waals surface area contributed by atoms with Gasteiger partial charge in [0.25, 0.3) is 0 Å². The zero-order valence-electron chi connectivity index (χ0n) is 11.4. The van der Waals surface area contributed by atoms with Crippen molar-refractivity contribution in [2.24, 2.45) is 5.73 Å². The van der Waals surface area contributed by atoms with Crippen LogP contribution in [0.4, 0.5) is 0 Å². The van der Waals surface area contributed by atoms with Crippen LogP contribution in [0.1, 0.15) is 29.3 Å². The summed E-state index contributed by atoms with van der Waals surface area (Å²) in [5.74, 6) is -0.599. The van der Waals surface area contributed by atoms with Gasteiger partial charge in [-0.25, -0.2) is 0 Å². The van der Waals surface area contributed by atoms with Crippen LogP contribution in [-0.2, 0) is 4.79 Å². The van der Waals surface area contributed by atoms with E-state index in [-0.39, 0.29) is 5.91 Å². The third-order valence-corrected chi connectivity index (χ3v) is 3.38. The molecule has 20 heavy (non-hydrogen) atoms. The van der Waals surface area contributed by atoms with E-state index in [9.17, 15) is 14.7 Å². The van der Waals surface area contributed by atoms with Gasteiger partial charge in [0.1, 0.15) is 0 Å². The normalized spacial score (nSPS) is 22.4. The first-order valence-electron chi connectivity index (χ1n) is 6.47. The van der Waals surface area contributed by atoms with Gasteiger partial charge in [-0.3, -0.25) is 9.59 Å². The van der Waals surface area contributed by atoms with E-state index in [1.54, 1.807) is 42.2 Å². The van der Waals surface area contributed by atoms with Crippen molar-refractivity contribution in [2.45, 2.75) is 18.9 Å². The smallest absolute Gasteiger partial charge is 0.248 e. The van der Waals surface area contributed by atoms with Crippen LogP contribution < -0.4 is 5.73 Å². The number of carbonyl (C=O) groups excluding carboxylic acids is 2. The van der Waals surface area contributed by atoms with E-state index in [2.05, 4.69) is 0 Å². The van der Waals surface area contributed by atoms with E-state index < -0.39 is 11.5 Å². The molecule has 0 spiro atoms. The van der Waals surface area contributed by atoms with Crippen LogP contribution in [0, 0.1) is 0 Å². The molecule has 1 atom stereocenters. The second-order valence-electron chi connectivity index (χ2n) is 5.33. The van der Waals surface area contributed by atoms with Gasteiger partial charge < -0.3 is 15.7 Å². The second-order valence-corrected chi connectivity index (χ2v) is 5.33. The number of hydrogen-bond acceptors (Lipinski definition) is 3. The Balaban J connectivity index is 1.99. The summed E-state index contributed by atoms with van der Waals surface area (Å²) in [6.07, 6.45) is 3.75. The maximum atomic E-state index is 11.9. The zero-order valence-corrected chi connectivity index (χ0v) is 11.4. The third-order valence-electron chi connectivity index (χ3n) is 3.38. The number of carbonyl (C=O) groups is 2. The van der Waals surface area contributed by atoms with E-state index in [0.717, 1.165) is 5.56 Å². The Kier molecular flexibility index (Phi) is 3.90. The fourth-order valence-corrected chi connectivity index (χ4v) is 2.16. The first-order valence-corrected chi connectivity index (χ1v) is 6.47. The Hall–Kier alpha value is -2.14. The molecule has 0 aromatic heterocycles. The highest BCUT2D eigenvalue weighted by Crippen LogP contribution is 2.20. The van der Waals surface area contributed by atoms with Gasteiger partial charge >= 0.3 is 0 Å². The van der Waals surface area contributed by atoms with Crippen molar-refractivity contribution in [3.05, 3.63) is 41.5 Å². The standard InChI is InChI=1S/C15H18N2O3/c1-15(20)8-9-17(10-15)13(18)7-4-11-2-5-12(6-3-11)14(16)19/h2-7,20H,8-10H2,1H3,(H2,16,19)/b7-4+. The summed E-state index contributed by atoms with van der Waals surface area (Å²) in [6.45, 7) is 2.65. The lowest BCUT2D eigenvalue weighted by atomic mass is 10.1. The third kappa shape index (κ3) is 3.45. The van der Waals surface area contributed by atoms with Gasteiger partial charge in [0.05, 0.1) is 5.60 Å². The molecule has 0 radical (unpaired) electrons. The molecule has 0 bridgehead atoms. The molecule has 1 unspecified atom stereocenters. The minimum Gasteiger partial charge on any atom is -0.388 e. The van der Waals surface area contributed by atoms with Crippen LogP contribution in [0.2, 0.25) is 0 Å². The average molecular weight is 274 g/mol. The lowest BCUT2D eigenvalue weighted by Gasteiger charge is -2.17. The highest BCUT2D eigenvalue weighted by Gasteiger charge is 2.32. The first kappa shape index (κ1) is 14.3. The Morgan fingerprint density at radius 3 is 2.50 bits per heavy atom. The number of β-amino-alcohol motifs (C(OH)–C–C–N with tert-alkyl or cyclic N) is 1. The summed E-state index contributed by atoms with van der Waals surface area (Å²) in [6, 6.07) is 6.69. The number of nitrogens with zero attached hydrogens (tertiary/aromatic N) is 1. The van der Waals surface area contributed by atoms with Crippen molar-refractivity contribution in [3.63, 3.8) is 0 Å². The minimum atomic E-state index is -0.785. The minimum absolute atomic E-state index is 0.123. The van der Waals surface area contributed by atoms with E-state index >= 15 is 0 Å². The monoisotopic (exact) mass is 274 g/mol. The van der Waals surface area contributed by atoms with Crippen molar-refractivity contribution in [2.75, 3.05) is 13.1 Å². The van der Waals surface area contributed by atoms with Crippen molar-refractivity contribution in [1.29, 1.82) is 0 Å². The molecular weight excluding hydrogens is 256 g/mol. The predicted molar refractivity (Wildman–Crippen MR) is 75.8 cm³/mol. The maximum absolute atomic E-state index is 11.9. The number of benzene rings is 1. The molecular formula is C15H18N2O3. The lowest BCUT2D eigenvalue weighted by Crippen LogP contribution is -2.32. The van der Waals surface area contributed by atoms with Crippen molar-refractivity contribution in [3.8, 4) is 0 Å². The fourth-order valence-electron chi connectivity index (χ4n) is 2.16. The molecule has 1 heterocycles. The molecule has 0 saturated carbocycles. The predicted octanol–water partition coefficient (Wildman–Crippen LogP) is 0.782. The first-order chi connectivity index (χ1) is 9.37. The van der Waals surface area contributed by atoms with Gasteiger partial charge in [0, 0.05) is 24.7 Å². The summed E-state index contributed by atoms with van der Waals surface area (Å²) in [5, 5.41) is 9.82. The molecule has 1 aromatic carbocycles. The summed E-state index contributed by atoms with van der Waals surface area (Å²) < 4.78 is 0. The Morgan fingerprint density at radius 1 is 1.35 bits per heavy atom. The Labute approximate surface area is 117 Å². The molecule has 0 aliphatic carbocycles. The highest BCUT2D eigenvalue weighted by molar-refractivity contribution is 5.94. The molecule has 1 saturated heterocycles. The SMILES string of the molecule is CC1(O)CCN(C(=O)/C=C/c2ccc(C(N)=O)cc2)C1. The number of hydrogen-bond donors (Lipinski definition) is 2. The summed E-state index contributed by atoms with van der Waals surface area (Å²) in [4.78, 5) is 24.5. The van der Waals surface area contributed by atoms with Gasteiger partial charge in [-0.05, 0) is 37.1 Å². The number of primary amides is 1. The maximum Gasteiger partial charge on any atom is 0.248 e. The van der Waals surface area contributed by atoms with E-state index in [0.29, 0.717) is 25.1 Å². The van der Waals surface area contributed by atoms with Crippen LogP contribution in [0.5, 0.6) is 0 Å². The Bertz CT molecular complexity index is 547. The largest absolute Gasteiger partial charge is 0.388 e. The van der Waals surface area contributed by atoms with E-state index in [1.807, 2.05) is 0 Å². The second kappa shape index (κ2) is 5.46. The number of amides is 2. The van der Waals surface area contributed by atoms with E-state index in [1.165, 1.54) is 6.08 Å². The van der Waals surface area contributed by atoms with Crippen molar-refractivity contribution < 1.29 is 14.7 Å². The van der Waals surface area contributed by atoms with Gasteiger partial charge in [-0.15, -0.1) is 0 Å². The number of aliphatic hydroxyl groups is 1. The van der Waals surface area contributed by atoms with Crippen molar-refractivity contribution >= 4 is 17.9 Å². The average Bonchev–Trinajstić information content (AvgIpc) is 2.77. The molecule has 1 aromatic rings. The van der Waals surface area contributed by atoms with Gasteiger partial charge in [0.2, 0.25) is 11.8 Å². The number of nitrogens with two attached hydrogens (primary N) is 1. The van der Waals surface area contributed by atoms with Gasteiger partial charge in [0.15, 0.2) is 0 Å². The zero-order chi connectivity index (χ0) is 14.8. The fraction of sp³-hybridized carbons (Fsp3) is 0.333. The topological polar surface area (TPSA) is 83.6 Å². The Morgan fingerprint density at radius 2 is 2.00 bits per heavy atom.